The van der Waals surface area contributed by atoms with Crippen LogP contribution in [0.1, 0.15) is 36.5 Å². The number of nitrogens with two attached hydrogens (primary N) is 3. The first-order valence-corrected chi connectivity index (χ1v) is 24.2. The predicted molar refractivity (Wildman–Crippen MR) is 295 cm³/mol. The van der Waals surface area contributed by atoms with Gasteiger partial charge < -0.3 is 41.3 Å². The van der Waals surface area contributed by atoms with Gasteiger partial charge in [0.2, 0.25) is 0 Å². The minimum absolute atomic E-state index is 0.0877. The molecule has 72 heavy (non-hydrogen) atoms. The first-order valence-electron chi connectivity index (χ1n) is 24.2. The Morgan fingerprint density at radius 2 is 0.944 bits per heavy atom. The summed E-state index contributed by atoms with van der Waals surface area (Å²) in [6.45, 7) is 4.93. The number of aliphatic hydroxyl groups is 1. The molecule has 0 bridgehead atoms. The number of nitrogens with zero attached hydrogens (tertiary/aromatic N) is 4. The number of likely N-dealkylation sites (tertiary alicyclic amines) is 1. The lowest BCUT2D eigenvalue weighted by atomic mass is 9.69. The van der Waals surface area contributed by atoms with E-state index in [1.807, 2.05) is 103 Å². The van der Waals surface area contributed by atoms with E-state index in [0.29, 0.717) is 29.1 Å². The van der Waals surface area contributed by atoms with Gasteiger partial charge in [0.15, 0.2) is 7.28 Å². The molecule has 3 aromatic heterocycles. The highest BCUT2D eigenvalue weighted by Crippen LogP contribution is 2.39. The summed E-state index contributed by atoms with van der Waals surface area (Å²) >= 11 is 0. The van der Waals surface area contributed by atoms with Gasteiger partial charge in [-0.3, -0.25) is 4.90 Å². The quantitative estimate of drug-likeness (QED) is 0.0634. The maximum absolute atomic E-state index is 10.6. The first-order chi connectivity index (χ1) is 35.2. The number of carbonyl (C=O) groups is 1. The number of carbonyl (C=O) groups excluding carboxylic acids is 1. The number of hydrogen-bond acceptors (Lipinski definition) is 12. The summed E-state index contributed by atoms with van der Waals surface area (Å²) in [5, 5.41) is 15.4. The van der Waals surface area contributed by atoms with Crippen LogP contribution in [0.4, 0.5) is 17.5 Å². The van der Waals surface area contributed by atoms with E-state index in [0.717, 1.165) is 140 Å². The lowest BCUT2D eigenvalue weighted by Gasteiger charge is -2.32. The van der Waals surface area contributed by atoms with Crippen LogP contribution in [0.25, 0.3) is 65.7 Å². The van der Waals surface area contributed by atoms with Crippen molar-refractivity contribution in [1.82, 2.24) is 19.9 Å². The van der Waals surface area contributed by atoms with E-state index in [1.54, 1.807) is 34.8 Å². The molecule has 365 valence electrons. The van der Waals surface area contributed by atoms with Gasteiger partial charge in [-0.15, -0.1) is 0 Å². The predicted octanol–water partition coefficient (Wildman–Crippen LogP) is 11.1. The number of piperidine rings is 1. The largest absolute Gasteiger partial charge is 0.496 e. The van der Waals surface area contributed by atoms with Crippen LogP contribution in [0.2, 0.25) is 6.32 Å². The topological polar surface area (TPSA) is 185 Å². The summed E-state index contributed by atoms with van der Waals surface area (Å²) in [7, 11) is 6.71. The zero-order valence-electron chi connectivity index (χ0n) is 41.3. The maximum atomic E-state index is 10.6. The van der Waals surface area contributed by atoms with Gasteiger partial charge >= 0.3 is 0 Å². The van der Waals surface area contributed by atoms with Crippen molar-refractivity contribution in [1.29, 1.82) is 0 Å². The summed E-state index contributed by atoms with van der Waals surface area (Å²) in [5.41, 5.74) is 27.8. The molecule has 1 aliphatic rings. The summed E-state index contributed by atoms with van der Waals surface area (Å²) in [6.07, 6.45) is 10.4. The molecule has 7 N–H and O–H groups in total. The summed E-state index contributed by atoms with van der Waals surface area (Å²) in [4.78, 5) is 26.1. The Labute approximate surface area is 422 Å². The van der Waals surface area contributed by atoms with E-state index < -0.39 is 0 Å². The van der Waals surface area contributed by atoms with Crippen molar-refractivity contribution in [2.45, 2.75) is 45.7 Å². The van der Waals surface area contributed by atoms with Crippen LogP contribution >= 0.6 is 0 Å². The fourth-order valence-electron chi connectivity index (χ4n) is 9.50. The minimum Gasteiger partial charge on any atom is -0.496 e. The summed E-state index contributed by atoms with van der Waals surface area (Å²) < 4.78 is 16.5. The van der Waals surface area contributed by atoms with Gasteiger partial charge in [-0.05, 0) is 113 Å². The fraction of sp³-hybridized carbons (Fsp3) is 0.220. The van der Waals surface area contributed by atoms with Crippen molar-refractivity contribution in [3.63, 3.8) is 0 Å². The van der Waals surface area contributed by atoms with Gasteiger partial charge in [0, 0.05) is 69.1 Å². The third kappa shape index (κ3) is 11.3. The summed E-state index contributed by atoms with van der Waals surface area (Å²) in [6, 6.07) is 42.6. The Morgan fingerprint density at radius 1 is 0.569 bits per heavy atom. The van der Waals surface area contributed by atoms with Crippen LogP contribution < -0.4 is 31.4 Å². The maximum Gasteiger partial charge on any atom is 0.197 e. The van der Waals surface area contributed by atoms with E-state index >= 15 is 0 Å². The normalized spacial score (nSPS) is 12.6. The standard InChI is InChI=1S/C24H27BN3O2.C18H18N2O.C17H16N2O2/c1-30-23-12-21-20(22(14-27-24(21)26)18-5-3-2-4-6-18)11-19(23)15-28-9-7-17(8-10-28)13-25-16-29;1-3-12-9-14-15(10-17(12)21-2)18(19)20-11-16(14)13-7-5-4-6-8-13;1-21-16-8-14-13(7-12(16)10-20)15(9-19-17(14)18)11-5-3-2-4-6-11/h2-6,11-12,14,16-17H,7-10,13,15H2,1H3,(H2,26,27);4-11H,3H2,1-2H3,(H2,19,20);2-9,20H,10H2,1H3,(H2,18,19). The number of aryl methyl sites for hydroxylation is 1. The number of fused-ring (bicyclic) bond motifs is 3. The van der Waals surface area contributed by atoms with Crippen molar-refractivity contribution < 1.29 is 24.1 Å². The van der Waals surface area contributed by atoms with Crippen LogP contribution in [0.3, 0.4) is 0 Å². The van der Waals surface area contributed by atoms with Crippen LogP contribution in [-0.2, 0) is 24.4 Å². The second-order valence-corrected chi connectivity index (χ2v) is 17.7. The van der Waals surface area contributed by atoms with Crippen molar-refractivity contribution in [2.75, 3.05) is 51.6 Å². The van der Waals surface area contributed by atoms with Gasteiger partial charge in [0.1, 0.15) is 34.7 Å². The van der Waals surface area contributed by atoms with Crippen LogP contribution in [0.5, 0.6) is 17.2 Å². The second-order valence-electron chi connectivity index (χ2n) is 17.7. The molecule has 6 aromatic carbocycles. The highest BCUT2D eigenvalue weighted by Gasteiger charge is 2.22. The number of anilines is 3. The van der Waals surface area contributed by atoms with Crippen molar-refractivity contribution in [3.8, 4) is 50.6 Å². The minimum atomic E-state index is -0.0877. The van der Waals surface area contributed by atoms with Crippen molar-refractivity contribution in [3.05, 3.63) is 163 Å². The van der Waals surface area contributed by atoms with Crippen LogP contribution in [-0.4, -0.2) is 72.8 Å². The van der Waals surface area contributed by atoms with Crippen molar-refractivity contribution >= 4 is 63.2 Å². The van der Waals surface area contributed by atoms with E-state index in [1.165, 1.54) is 5.56 Å². The molecule has 1 aliphatic heterocycles. The van der Waals surface area contributed by atoms with E-state index in [2.05, 4.69) is 63.2 Å². The zero-order valence-corrected chi connectivity index (χ0v) is 41.3. The van der Waals surface area contributed by atoms with Gasteiger partial charge in [-0.1, -0.05) is 104 Å². The first kappa shape index (κ1) is 50.4. The summed E-state index contributed by atoms with van der Waals surface area (Å²) in [5.74, 6) is 4.44. The molecular weight excluding hydrogens is 898 g/mol. The molecule has 13 heteroatoms. The van der Waals surface area contributed by atoms with E-state index in [4.69, 9.17) is 31.4 Å². The Morgan fingerprint density at radius 3 is 1.32 bits per heavy atom. The van der Waals surface area contributed by atoms with Gasteiger partial charge in [0.25, 0.3) is 0 Å². The number of aromatic nitrogens is 3. The van der Waals surface area contributed by atoms with Gasteiger partial charge in [-0.2, -0.15) is 0 Å². The lowest BCUT2D eigenvalue weighted by Crippen LogP contribution is -2.33. The Bertz CT molecular complexity index is 3150. The molecule has 0 unspecified atom stereocenters. The highest BCUT2D eigenvalue weighted by molar-refractivity contribution is 6.66. The van der Waals surface area contributed by atoms with Gasteiger partial charge in [0.05, 0.1) is 34.1 Å². The number of pyridine rings is 3. The number of benzene rings is 6. The number of rotatable bonds is 13. The molecule has 4 heterocycles. The van der Waals surface area contributed by atoms with Crippen LogP contribution in [0, 0.1) is 5.92 Å². The van der Waals surface area contributed by atoms with Crippen molar-refractivity contribution in [2.24, 2.45) is 5.92 Å². The molecule has 12 nitrogen and oxygen atoms in total. The molecule has 0 amide bonds. The Kier molecular flexibility index (Phi) is 16.6. The number of methoxy groups -OCH3 is 3. The molecule has 0 spiro atoms. The molecule has 0 saturated carbocycles. The Balaban J connectivity index is 0.000000148. The number of aliphatic hydroxyl groups excluding tert-OH is 1. The molecule has 1 radical (unpaired) electrons. The molecule has 9 aromatic rings. The molecule has 1 fully saturated rings. The zero-order chi connectivity index (χ0) is 50.6. The SMILES string of the molecule is CCc1cc2c(-c3ccccc3)cnc(N)c2cc1OC.COc1cc2c(N)ncc(-c3ccccc3)c2cc1CN1CCC(C[B]C=O)CC1.COc1cc2c(N)ncc(-c3ccccc3)c2cc1CO. The smallest absolute Gasteiger partial charge is 0.197 e. The average molecular weight is 959 g/mol. The molecule has 1 saturated heterocycles. The molecular formula is C59H61BN7O5. The van der Waals surface area contributed by atoms with E-state index in [9.17, 15) is 9.90 Å². The molecule has 0 aliphatic carbocycles. The number of hydrogen-bond donors (Lipinski definition) is 4. The monoisotopic (exact) mass is 958 g/mol. The fourth-order valence-corrected chi connectivity index (χ4v) is 9.50. The Hall–Kier alpha value is -8.00. The third-order valence-corrected chi connectivity index (χ3v) is 13.4. The van der Waals surface area contributed by atoms with Crippen LogP contribution in [0.15, 0.2) is 146 Å². The lowest BCUT2D eigenvalue weighted by molar-refractivity contribution is 0.183. The highest BCUT2D eigenvalue weighted by atomic mass is 16.5. The molecule has 10 rings (SSSR count). The average Bonchev–Trinajstić information content (AvgIpc) is 3.43. The van der Waals surface area contributed by atoms with Gasteiger partial charge in [-0.25, -0.2) is 15.0 Å². The number of ether oxygens (including phenoxy) is 3. The molecule has 0 atom stereocenters. The number of nitrogen functional groups attached to an aromatic ring is 3. The second kappa shape index (κ2) is 23.7. The van der Waals surface area contributed by atoms with E-state index in [-0.39, 0.29) is 6.61 Å². The third-order valence-electron chi connectivity index (χ3n) is 13.4.